The molecule has 2 aromatic carbocycles. The van der Waals surface area contributed by atoms with Gasteiger partial charge in [-0.15, -0.1) is 11.8 Å². The van der Waals surface area contributed by atoms with Crippen molar-refractivity contribution in [2.24, 2.45) is 0 Å². The van der Waals surface area contributed by atoms with Crippen LogP contribution in [0.1, 0.15) is 16.5 Å². The van der Waals surface area contributed by atoms with Gasteiger partial charge in [0.25, 0.3) is 5.69 Å². The van der Waals surface area contributed by atoms with Gasteiger partial charge in [-0.1, -0.05) is 15.9 Å². The summed E-state index contributed by atoms with van der Waals surface area (Å²) in [6.07, 6.45) is 0. The van der Waals surface area contributed by atoms with Crippen LogP contribution >= 0.6 is 27.7 Å². The summed E-state index contributed by atoms with van der Waals surface area (Å²) in [7, 11) is 1.53. The van der Waals surface area contributed by atoms with E-state index in [1.807, 2.05) is 6.07 Å². The number of nitrogens with one attached hydrogen (secondary N) is 1. The van der Waals surface area contributed by atoms with E-state index in [2.05, 4.69) is 21.2 Å². The van der Waals surface area contributed by atoms with E-state index in [-0.39, 0.29) is 17.7 Å². The molecule has 28 heavy (non-hydrogen) atoms. The number of hydrogen-bond acceptors (Lipinski definition) is 7. The van der Waals surface area contributed by atoms with Crippen LogP contribution in [-0.4, -0.2) is 34.9 Å². The van der Waals surface area contributed by atoms with Gasteiger partial charge in [-0.05, 0) is 29.8 Å². The van der Waals surface area contributed by atoms with E-state index >= 15 is 0 Å². The predicted molar refractivity (Wildman–Crippen MR) is 108 cm³/mol. The summed E-state index contributed by atoms with van der Waals surface area (Å²) < 4.78 is 12.2. The fourth-order valence-corrected chi connectivity index (χ4v) is 4.45. The Kier molecular flexibility index (Phi) is 6.42. The van der Waals surface area contributed by atoms with Crippen LogP contribution in [0, 0.1) is 10.1 Å². The number of rotatable bonds is 7. The molecule has 2 unspecified atom stereocenters. The second kappa shape index (κ2) is 8.80. The van der Waals surface area contributed by atoms with Gasteiger partial charge in [-0.3, -0.25) is 20.2 Å². The third-order valence-corrected chi connectivity index (χ3v) is 5.87. The number of thioether (sulfide) groups is 1. The number of non-ortho nitro benzene ring substituents is 1. The summed E-state index contributed by atoms with van der Waals surface area (Å²) in [6, 6.07) is 9.10. The average Bonchev–Trinajstić information content (AvgIpc) is 3.17. The number of methoxy groups -OCH3 is 1. The Labute approximate surface area is 173 Å². The first-order valence-electron chi connectivity index (χ1n) is 8.23. The quantitative estimate of drug-likeness (QED) is 0.466. The molecule has 0 amide bonds. The number of halogens is 1. The number of benzene rings is 2. The molecule has 2 atom stereocenters. The standard InChI is InChI=1S/C18H17BrN2O6S/c1-26-15-7-11(19)6-13(17-20-14(9-28-17)18(22)23)16(15)27-8-10-2-4-12(5-3-10)21(24)25/h2-7,14,17,20H,8-9H2,1H3,(H,22,23). The molecule has 2 aromatic rings. The van der Waals surface area contributed by atoms with Gasteiger partial charge in [-0.2, -0.15) is 0 Å². The molecule has 1 fully saturated rings. The Morgan fingerprint density at radius 2 is 2.11 bits per heavy atom. The van der Waals surface area contributed by atoms with Crippen molar-refractivity contribution in [3.8, 4) is 11.5 Å². The molecule has 1 heterocycles. The summed E-state index contributed by atoms with van der Waals surface area (Å²) in [4.78, 5) is 21.6. The number of carboxylic acids is 1. The molecule has 148 valence electrons. The van der Waals surface area contributed by atoms with E-state index in [0.717, 1.165) is 15.6 Å². The minimum absolute atomic E-state index is 0.0110. The van der Waals surface area contributed by atoms with Gasteiger partial charge in [0.15, 0.2) is 11.5 Å². The highest BCUT2D eigenvalue weighted by molar-refractivity contribution is 9.10. The smallest absolute Gasteiger partial charge is 0.321 e. The lowest BCUT2D eigenvalue weighted by Crippen LogP contribution is -2.33. The van der Waals surface area contributed by atoms with E-state index in [1.165, 1.54) is 31.0 Å². The number of aliphatic carboxylic acids is 1. The Balaban J connectivity index is 1.84. The molecule has 0 spiro atoms. The molecular formula is C18H17BrN2O6S. The van der Waals surface area contributed by atoms with Gasteiger partial charge in [0.05, 0.1) is 17.4 Å². The van der Waals surface area contributed by atoms with E-state index < -0.39 is 16.9 Å². The molecule has 10 heteroatoms. The van der Waals surface area contributed by atoms with Crippen LogP contribution in [0.15, 0.2) is 40.9 Å². The number of hydrogen-bond donors (Lipinski definition) is 2. The van der Waals surface area contributed by atoms with Crippen LogP contribution in [0.3, 0.4) is 0 Å². The molecule has 0 bridgehead atoms. The monoisotopic (exact) mass is 468 g/mol. The number of nitro benzene ring substituents is 1. The lowest BCUT2D eigenvalue weighted by atomic mass is 10.1. The number of ether oxygens (including phenoxy) is 2. The molecule has 1 aliphatic heterocycles. The average molecular weight is 469 g/mol. The predicted octanol–water partition coefficient (Wildman–Crippen LogP) is 3.73. The SMILES string of the molecule is COc1cc(Br)cc(C2NC(C(=O)O)CS2)c1OCc1ccc([N+](=O)[O-])cc1. The zero-order chi connectivity index (χ0) is 20.3. The van der Waals surface area contributed by atoms with Crippen LogP contribution in [0.4, 0.5) is 5.69 Å². The van der Waals surface area contributed by atoms with Gasteiger partial charge in [0.2, 0.25) is 0 Å². The van der Waals surface area contributed by atoms with Crippen LogP contribution in [0.5, 0.6) is 11.5 Å². The Bertz CT molecular complexity index is 892. The van der Waals surface area contributed by atoms with Crippen molar-refractivity contribution >= 4 is 39.3 Å². The van der Waals surface area contributed by atoms with Crippen LogP contribution in [0.25, 0.3) is 0 Å². The van der Waals surface area contributed by atoms with E-state index in [0.29, 0.717) is 17.3 Å². The van der Waals surface area contributed by atoms with Gasteiger partial charge in [0, 0.05) is 27.9 Å². The number of nitro groups is 1. The second-order valence-corrected chi connectivity index (χ2v) is 8.06. The van der Waals surface area contributed by atoms with E-state index in [9.17, 15) is 20.0 Å². The lowest BCUT2D eigenvalue weighted by Gasteiger charge is -2.20. The van der Waals surface area contributed by atoms with E-state index in [1.54, 1.807) is 18.2 Å². The first-order valence-corrected chi connectivity index (χ1v) is 10.1. The van der Waals surface area contributed by atoms with Crippen molar-refractivity contribution in [3.05, 3.63) is 62.1 Å². The molecular weight excluding hydrogens is 452 g/mol. The topological polar surface area (TPSA) is 111 Å². The summed E-state index contributed by atoms with van der Waals surface area (Å²) >= 11 is 4.92. The number of carbonyl (C=O) groups is 1. The number of nitrogens with zero attached hydrogens (tertiary/aromatic N) is 1. The molecule has 8 nitrogen and oxygen atoms in total. The molecule has 2 N–H and O–H groups in total. The molecule has 1 aliphatic rings. The number of carboxylic acid groups (broad SMARTS) is 1. The van der Waals surface area contributed by atoms with Gasteiger partial charge >= 0.3 is 5.97 Å². The molecule has 3 rings (SSSR count). The minimum atomic E-state index is -0.898. The summed E-state index contributed by atoms with van der Waals surface area (Å²) in [5.74, 6) is 0.550. The van der Waals surface area contributed by atoms with Crippen molar-refractivity contribution < 1.29 is 24.3 Å². The summed E-state index contributed by atoms with van der Waals surface area (Å²) in [5.41, 5.74) is 1.54. The first kappa shape index (κ1) is 20.4. The lowest BCUT2D eigenvalue weighted by molar-refractivity contribution is -0.384. The fraction of sp³-hybridized carbons (Fsp3) is 0.278. The normalized spacial score (nSPS) is 18.6. The van der Waals surface area contributed by atoms with Crippen molar-refractivity contribution in [2.75, 3.05) is 12.9 Å². The summed E-state index contributed by atoms with van der Waals surface area (Å²) in [6.45, 7) is 0.183. The Hall–Kier alpha value is -2.30. The van der Waals surface area contributed by atoms with Gasteiger partial charge < -0.3 is 14.6 Å². The van der Waals surface area contributed by atoms with E-state index in [4.69, 9.17) is 9.47 Å². The highest BCUT2D eigenvalue weighted by Gasteiger charge is 2.33. The largest absolute Gasteiger partial charge is 0.493 e. The maximum Gasteiger partial charge on any atom is 0.321 e. The highest BCUT2D eigenvalue weighted by Crippen LogP contribution is 2.44. The minimum Gasteiger partial charge on any atom is -0.493 e. The van der Waals surface area contributed by atoms with Crippen LogP contribution in [0.2, 0.25) is 0 Å². The first-order chi connectivity index (χ1) is 13.4. The molecule has 0 aromatic heterocycles. The van der Waals surface area contributed by atoms with Gasteiger partial charge in [0.1, 0.15) is 12.6 Å². The van der Waals surface area contributed by atoms with Crippen molar-refractivity contribution in [2.45, 2.75) is 18.0 Å². The third kappa shape index (κ3) is 4.57. The van der Waals surface area contributed by atoms with Crippen LogP contribution in [-0.2, 0) is 11.4 Å². The maximum atomic E-state index is 11.3. The highest BCUT2D eigenvalue weighted by atomic mass is 79.9. The van der Waals surface area contributed by atoms with Crippen LogP contribution < -0.4 is 14.8 Å². The van der Waals surface area contributed by atoms with Crippen molar-refractivity contribution in [1.29, 1.82) is 0 Å². The Morgan fingerprint density at radius 1 is 1.39 bits per heavy atom. The second-order valence-electron chi connectivity index (χ2n) is 6.01. The molecule has 1 saturated heterocycles. The zero-order valence-electron chi connectivity index (χ0n) is 14.8. The van der Waals surface area contributed by atoms with Crippen molar-refractivity contribution in [1.82, 2.24) is 5.32 Å². The molecule has 0 aliphatic carbocycles. The molecule has 0 radical (unpaired) electrons. The zero-order valence-corrected chi connectivity index (χ0v) is 17.2. The summed E-state index contributed by atoms with van der Waals surface area (Å²) in [5, 5.41) is 22.8. The van der Waals surface area contributed by atoms with Gasteiger partial charge in [-0.25, -0.2) is 0 Å². The molecule has 0 saturated carbocycles. The maximum absolute atomic E-state index is 11.3. The fourth-order valence-electron chi connectivity index (χ4n) is 2.75. The van der Waals surface area contributed by atoms with Crippen molar-refractivity contribution in [3.63, 3.8) is 0 Å². The Morgan fingerprint density at radius 3 is 2.68 bits per heavy atom. The third-order valence-electron chi connectivity index (χ3n) is 4.16.